The van der Waals surface area contributed by atoms with Crippen molar-refractivity contribution < 1.29 is 0 Å². The molecule has 1 rings (SSSR count). The van der Waals surface area contributed by atoms with Gasteiger partial charge in [0.25, 0.3) is 0 Å². The molecule has 1 N–H and O–H groups in total. The molecule has 0 saturated heterocycles. The Balaban J connectivity index is 3.06. The van der Waals surface area contributed by atoms with Gasteiger partial charge in [0.1, 0.15) is 0 Å². The van der Waals surface area contributed by atoms with Crippen molar-refractivity contribution in [1.29, 1.82) is 0 Å². The van der Waals surface area contributed by atoms with Gasteiger partial charge in [-0.1, -0.05) is 58.0 Å². The topological polar surface area (TPSA) is 12.0 Å². The Labute approximate surface area is 106 Å². The molecular formula is C16H25N. The Hall–Kier alpha value is -1.08. The van der Waals surface area contributed by atoms with E-state index in [9.17, 15) is 0 Å². The quantitative estimate of drug-likeness (QED) is 0.748. The number of rotatable bonds is 5. The van der Waals surface area contributed by atoms with Crippen LogP contribution in [0.15, 0.2) is 36.9 Å². The molecule has 1 aromatic rings. The second kappa shape index (κ2) is 6.02. The third-order valence-corrected chi connectivity index (χ3v) is 2.95. The average Bonchev–Trinajstić information content (AvgIpc) is 2.29. The van der Waals surface area contributed by atoms with Crippen molar-refractivity contribution in [3.05, 3.63) is 48.0 Å². The fourth-order valence-electron chi connectivity index (χ4n) is 2.07. The normalized spacial score (nSPS) is 13.4. The third-order valence-electron chi connectivity index (χ3n) is 2.95. The minimum absolute atomic E-state index is 0.172. The smallest absolute Gasteiger partial charge is 0.0506 e. The van der Waals surface area contributed by atoms with Crippen LogP contribution in [-0.2, 0) is 5.41 Å². The molecule has 0 fully saturated rings. The van der Waals surface area contributed by atoms with Gasteiger partial charge in [-0.05, 0) is 29.5 Å². The molecule has 0 aliphatic carbocycles. The van der Waals surface area contributed by atoms with Gasteiger partial charge in [-0.3, -0.25) is 0 Å². The van der Waals surface area contributed by atoms with Crippen LogP contribution in [0.5, 0.6) is 0 Å². The zero-order valence-electron chi connectivity index (χ0n) is 11.6. The molecule has 0 heterocycles. The van der Waals surface area contributed by atoms with Gasteiger partial charge in [-0.25, -0.2) is 0 Å². The Morgan fingerprint density at radius 3 is 2.47 bits per heavy atom. The summed E-state index contributed by atoms with van der Waals surface area (Å²) in [6, 6.07) is 8.90. The predicted octanol–water partition coefficient (Wildman–Crippen LogP) is 4.21. The van der Waals surface area contributed by atoms with Gasteiger partial charge >= 0.3 is 0 Å². The molecule has 94 valence electrons. The van der Waals surface area contributed by atoms with E-state index in [0.717, 1.165) is 13.0 Å². The molecule has 0 aromatic heterocycles. The summed E-state index contributed by atoms with van der Waals surface area (Å²) in [5.74, 6) is 0. The predicted molar refractivity (Wildman–Crippen MR) is 76.4 cm³/mol. The van der Waals surface area contributed by atoms with Crippen LogP contribution < -0.4 is 5.32 Å². The summed E-state index contributed by atoms with van der Waals surface area (Å²) >= 11 is 0. The lowest BCUT2D eigenvalue weighted by Gasteiger charge is -2.26. The van der Waals surface area contributed by atoms with E-state index in [4.69, 9.17) is 0 Å². The van der Waals surface area contributed by atoms with Gasteiger partial charge < -0.3 is 5.32 Å². The summed E-state index contributed by atoms with van der Waals surface area (Å²) in [6.07, 6.45) is 3.14. The molecule has 0 bridgehead atoms. The summed E-state index contributed by atoms with van der Waals surface area (Å²) in [4.78, 5) is 0. The zero-order chi connectivity index (χ0) is 12.9. The van der Waals surface area contributed by atoms with E-state index in [1.54, 1.807) is 0 Å². The maximum Gasteiger partial charge on any atom is 0.0506 e. The summed E-state index contributed by atoms with van der Waals surface area (Å²) in [6.45, 7) is 13.9. The molecule has 1 heteroatoms. The van der Waals surface area contributed by atoms with E-state index in [1.807, 2.05) is 6.08 Å². The van der Waals surface area contributed by atoms with E-state index >= 15 is 0 Å². The second-order valence-electron chi connectivity index (χ2n) is 5.50. The minimum atomic E-state index is 0.172. The summed E-state index contributed by atoms with van der Waals surface area (Å²) in [7, 11) is 0. The maximum absolute atomic E-state index is 3.95. The van der Waals surface area contributed by atoms with Crippen LogP contribution in [0.4, 0.5) is 0 Å². The van der Waals surface area contributed by atoms with Gasteiger partial charge in [0.05, 0.1) is 6.04 Å². The van der Waals surface area contributed by atoms with Crippen LogP contribution in [0.1, 0.15) is 51.3 Å². The molecule has 1 atom stereocenters. The van der Waals surface area contributed by atoms with E-state index < -0.39 is 0 Å². The van der Waals surface area contributed by atoms with Crippen LogP contribution in [0.2, 0.25) is 0 Å². The van der Waals surface area contributed by atoms with Crippen LogP contribution >= 0.6 is 0 Å². The first kappa shape index (κ1) is 14.0. The van der Waals surface area contributed by atoms with Gasteiger partial charge in [0, 0.05) is 0 Å². The first-order valence-electron chi connectivity index (χ1n) is 6.46. The number of hydrogen-bond acceptors (Lipinski definition) is 1. The SMILES string of the molecule is C=CC(NCCC)c1ccccc1C(C)(C)C. The standard InChI is InChI=1S/C16H25N/c1-6-12-17-15(7-2)13-10-8-9-11-14(13)16(3,4)5/h7-11,15,17H,2,6,12H2,1,3-5H3. The largest absolute Gasteiger partial charge is 0.307 e. The van der Waals surface area contributed by atoms with Gasteiger partial charge in [-0.2, -0.15) is 0 Å². The second-order valence-corrected chi connectivity index (χ2v) is 5.50. The Kier molecular flexibility index (Phi) is 4.95. The molecule has 0 spiro atoms. The van der Waals surface area contributed by atoms with Crippen molar-refractivity contribution in [3.63, 3.8) is 0 Å². The van der Waals surface area contributed by atoms with Crippen molar-refractivity contribution in [3.8, 4) is 0 Å². The minimum Gasteiger partial charge on any atom is -0.307 e. The molecule has 1 aromatic carbocycles. The van der Waals surface area contributed by atoms with Gasteiger partial charge in [-0.15, -0.1) is 6.58 Å². The molecule has 0 aliphatic rings. The molecule has 17 heavy (non-hydrogen) atoms. The van der Waals surface area contributed by atoms with Crippen molar-refractivity contribution in [2.45, 2.75) is 45.6 Å². The number of hydrogen-bond donors (Lipinski definition) is 1. The molecule has 0 radical (unpaired) electrons. The number of nitrogens with one attached hydrogen (secondary N) is 1. The number of benzene rings is 1. The van der Waals surface area contributed by atoms with Crippen molar-refractivity contribution in [2.75, 3.05) is 6.54 Å². The first-order chi connectivity index (χ1) is 8.00. The van der Waals surface area contributed by atoms with Crippen LogP contribution in [0.3, 0.4) is 0 Å². The summed E-state index contributed by atoms with van der Waals surface area (Å²) in [5, 5.41) is 3.53. The Morgan fingerprint density at radius 2 is 1.94 bits per heavy atom. The van der Waals surface area contributed by atoms with Crippen molar-refractivity contribution in [1.82, 2.24) is 5.32 Å². The third kappa shape index (κ3) is 3.71. The molecule has 1 unspecified atom stereocenters. The summed E-state index contributed by atoms with van der Waals surface area (Å²) in [5.41, 5.74) is 2.92. The lowest BCUT2D eigenvalue weighted by atomic mass is 9.82. The fourth-order valence-corrected chi connectivity index (χ4v) is 2.07. The maximum atomic E-state index is 3.95. The van der Waals surface area contributed by atoms with E-state index in [-0.39, 0.29) is 11.5 Å². The molecular weight excluding hydrogens is 206 g/mol. The van der Waals surface area contributed by atoms with E-state index in [0.29, 0.717) is 0 Å². The molecule has 0 amide bonds. The van der Waals surface area contributed by atoms with Crippen molar-refractivity contribution >= 4 is 0 Å². The Morgan fingerprint density at radius 1 is 1.29 bits per heavy atom. The highest BCUT2D eigenvalue weighted by atomic mass is 14.9. The molecule has 0 saturated carbocycles. The lowest BCUT2D eigenvalue weighted by Crippen LogP contribution is -2.24. The van der Waals surface area contributed by atoms with Crippen LogP contribution in [0, 0.1) is 0 Å². The van der Waals surface area contributed by atoms with Gasteiger partial charge in [0.2, 0.25) is 0 Å². The van der Waals surface area contributed by atoms with E-state index in [1.165, 1.54) is 11.1 Å². The fraction of sp³-hybridized carbons (Fsp3) is 0.500. The lowest BCUT2D eigenvalue weighted by molar-refractivity contribution is 0.555. The Bertz CT molecular complexity index is 360. The van der Waals surface area contributed by atoms with Crippen molar-refractivity contribution in [2.24, 2.45) is 0 Å². The molecule has 0 aliphatic heterocycles. The first-order valence-corrected chi connectivity index (χ1v) is 6.46. The van der Waals surface area contributed by atoms with Crippen LogP contribution in [0.25, 0.3) is 0 Å². The monoisotopic (exact) mass is 231 g/mol. The highest BCUT2D eigenvalue weighted by Gasteiger charge is 2.20. The highest BCUT2D eigenvalue weighted by molar-refractivity contribution is 5.36. The molecule has 1 nitrogen and oxygen atoms in total. The van der Waals surface area contributed by atoms with E-state index in [2.05, 4.69) is 63.9 Å². The van der Waals surface area contributed by atoms with Crippen LogP contribution in [-0.4, -0.2) is 6.54 Å². The average molecular weight is 231 g/mol. The highest BCUT2D eigenvalue weighted by Crippen LogP contribution is 2.29. The van der Waals surface area contributed by atoms with Gasteiger partial charge in [0.15, 0.2) is 0 Å². The zero-order valence-corrected chi connectivity index (χ0v) is 11.6. The summed E-state index contributed by atoms with van der Waals surface area (Å²) < 4.78 is 0.